The van der Waals surface area contributed by atoms with Crippen molar-refractivity contribution in [3.05, 3.63) is 69.5 Å². The highest BCUT2D eigenvalue weighted by atomic mass is 16.5. The van der Waals surface area contributed by atoms with E-state index < -0.39 is 0 Å². The molecule has 0 fully saturated rings. The molecule has 3 heteroatoms. The quantitative estimate of drug-likeness (QED) is 0.665. The molecule has 3 aromatic rings. The van der Waals surface area contributed by atoms with Crippen molar-refractivity contribution in [2.75, 3.05) is 0 Å². The number of ether oxygens (including phenoxy) is 1. The van der Waals surface area contributed by atoms with E-state index in [1.54, 1.807) is 0 Å². The molecule has 1 N–H and O–H groups in total. The molecule has 1 heterocycles. The van der Waals surface area contributed by atoms with Crippen molar-refractivity contribution >= 4 is 10.9 Å². The van der Waals surface area contributed by atoms with Crippen molar-refractivity contribution in [2.24, 2.45) is 0 Å². The smallest absolute Gasteiger partial charge is 0.192 e. The SMILES string of the molecule is CC(C)(C)c1ccc(Oc2ccc3[nH]c4c(c(=O)c3c2)CCCC4)cc1. The number of fused-ring (bicyclic) bond motifs is 2. The number of benzene rings is 2. The first kappa shape index (κ1) is 16.9. The fourth-order valence-electron chi connectivity index (χ4n) is 3.66. The van der Waals surface area contributed by atoms with Crippen LogP contribution < -0.4 is 10.2 Å². The Kier molecular flexibility index (Phi) is 4.10. The van der Waals surface area contributed by atoms with E-state index in [0.717, 1.165) is 53.6 Å². The number of rotatable bonds is 2. The number of hydrogen-bond acceptors (Lipinski definition) is 2. The van der Waals surface area contributed by atoms with Gasteiger partial charge < -0.3 is 9.72 Å². The van der Waals surface area contributed by atoms with Gasteiger partial charge in [0.25, 0.3) is 0 Å². The van der Waals surface area contributed by atoms with Crippen LogP contribution in [0.2, 0.25) is 0 Å². The molecule has 0 saturated carbocycles. The van der Waals surface area contributed by atoms with Gasteiger partial charge in [0, 0.05) is 22.2 Å². The van der Waals surface area contributed by atoms with Crippen LogP contribution in [0.1, 0.15) is 50.4 Å². The van der Waals surface area contributed by atoms with Crippen LogP contribution in [0.4, 0.5) is 0 Å². The fraction of sp³-hybridized carbons (Fsp3) is 0.348. The van der Waals surface area contributed by atoms with Crippen molar-refractivity contribution in [1.82, 2.24) is 4.98 Å². The summed E-state index contributed by atoms with van der Waals surface area (Å²) in [5, 5.41) is 0.717. The summed E-state index contributed by atoms with van der Waals surface area (Å²) in [6.07, 6.45) is 4.09. The van der Waals surface area contributed by atoms with Crippen molar-refractivity contribution in [3.8, 4) is 11.5 Å². The molecule has 1 aliphatic rings. The molecule has 2 aromatic carbocycles. The number of hydrogen-bond donors (Lipinski definition) is 1. The van der Waals surface area contributed by atoms with Gasteiger partial charge in [-0.05, 0) is 67.0 Å². The molecule has 0 unspecified atom stereocenters. The lowest BCUT2D eigenvalue weighted by Gasteiger charge is -2.19. The van der Waals surface area contributed by atoms with Gasteiger partial charge in [-0.25, -0.2) is 0 Å². The minimum Gasteiger partial charge on any atom is -0.457 e. The zero-order chi connectivity index (χ0) is 18.3. The second-order valence-corrected chi connectivity index (χ2v) is 8.20. The summed E-state index contributed by atoms with van der Waals surface area (Å²) in [5.41, 5.74) is 4.50. The largest absolute Gasteiger partial charge is 0.457 e. The van der Waals surface area contributed by atoms with Crippen LogP contribution in [0.25, 0.3) is 10.9 Å². The van der Waals surface area contributed by atoms with Gasteiger partial charge in [0.2, 0.25) is 0 Å². The Bertz CT molecular complexity index is 1010. The summed E-state index contributed by atoms with van der Waals surface area (Å²) in [4.78, 5) is 16.3. The fourth-order valence-corrected chi connectivity index (χ4v) is 3.66. The van der Waals surface area contributed by atoms with Gasteiger partial charge in [0.1, 0.15) is 11.5 Å². The summed E-state index contributed by atoms with van der Waals surface area (Å²) >= 11 is 0. The first-order chi connectivity index (χ1) is 12.4. The zero-order valence-corrected chi connectivity index (χ0v) is 15.7. The van der Waals surface area contributed by atoms with E-state index >= 15 is 0 Å². The van der Waals surface area contributed by atoms with E-state index in [1.165, 1.54) is 5.56 Å². The number of aryl methyl sites for hydroxylation is 1. The maximum absolute atomic E-state index is 12.9. The standard InChI is InChI=1S/C23H25NO2/c1-23(2,3)15-8-10-16(11-9-15)26-17-12-13-21-19(14-17)22(25)18-6-4-5-7-20(18)24-21/h8-14H,4-7H2,1-3H3,(H,24,25). The number of aromatic nitrogens is 1. The third-order valence-corrected chi connectivity index (χ3v) is 5.22. The molecule has 0 bridgehead atoms. The van der Waals surface area contributed by atoms with E-state index in [2.05, 4.69) is 37.9 Å². The van der Waals surface area contributed by atoms with Crippen LogP contribution in [-0.2, 0) is 18.3 Å². The highest BCUT2D eigenvalue weighted by molar-refractivity contribution is 5.81. The normalized spacial score (nSPS) is 14.3. The van der Waals surface area contributed by atoms with Crippen LogP contribution in [0.5, 0.6) is 11.5 Å². The predicted molar refractivity (Wildman–Crippen MR) is 106 cm³/mol. The first-order valence-electron chi connectivity index (χ1n) is 9.38. The van der Waals surface area contributed by atoms with Gasteiger partial charge in [0.05, 0.1) is 0 Å². The zero-order valence-electron chi connectivity index (χ0n) is 15.7. The first-order valence-corrected chi connectivity index (χ1v) is 9.38. The molecule has 0 spiro atoms. The molecule has 0 aliphatic heterocycles. The Morgan fingerprint density at radius 3 is 2.35 bits per heavy atom. The van der Waals surface area contributed by atoms with Crippen LogP contribution in [-0.4, -0.2) is 4.98 Å². The van der Waals surface area contributed by atoms with Gasteiger partial charge >= 0.3 is 0 Å². The monoisotopic (exact) mass is 347 g/mol. The Balaban J connectivity index is 1.67. The Morgan fingerprint density at radius 2 is 1.62 bits per heavy atom. The lowest BCUT2D eigenvalue weighted by Crippen LogP contribution is -2.18. The molecule has 0 radical (unpaired) electrons. The minimum absolute atomic E-state index is 0.119. The summed E-state index contributed by atoms with van der Waals surface area (Å²) in [6, 6.07) is 13.9. The van der Waals surface area contributed by atoms with E-state index in [-0.39, 0.29) is 10.8 Å². The Hall–Kier alpha value is -2.55. The summed E-state index contributed by atoms with van der Waals surface area (Å²) in [7, 11) is 0. The van der Waals surface area contributed by atoms with Crippen molar-refractivity contribution in [3.63, 3.8) is 0 Å². The van der Waals surface area contributed by atoms with Gasteiger partial charge in [-0.3, -0.25) is 4.79 Å². The van der Waals surface area contributed by atoms with Crippen molar-refractivity contribution in [1.29, 1.82) is 0 Å². The number of nitrogens with one attached hydrogen (secondary N) is 1. The molecule has 1 aromatic heterocycles. The van der Waals surface area contributed by atoms with Crippen molar-refractivity contribution < 1.29 is 4.74 Å². The molecule has 0 atom stereocenters. The summed E-state index contributed by atoms with van der Waals surface area (Å²) in [6.45, 7) is 6.58. The molecular formula is C23H25NO2. The molecular weight excluding hydrogens is 322 g/mol. The molecule has 134 valence electrons. The van der Waals surface area contributed by atoms with E-state index in [0.29, 0.717) is 5.75 Å². The second-order valence-electron chi connectivity index (χ2n) is 8.20. The van der Waals surface area contributed by atoms with Gasteiger partial charge in [0.15, 0.2) is 5.43 Å². The number of aromatic amines is 1. The predicted octanol–water partition coefficient (Wildman–Crippen LogP) is 5.50. The Morgan fingerprint density at radius 1 is 0.923 bits per heavy atom. The highest BCUT2D eigenvalue weighted by Crippen LogP contribution is 2.28. The lowest BCUT2D eigenvalue weighted by molar-refractivity contribution is 0.482. The molecule has 26 heavy (non-hydrogen) atoms. The molecule has 0 saturated heterocycles. The van der Waals surface area contributed by atoms with E-state index in [1.807, 2.05) is 30.3 Å². The van der Waals surface area contributed by atoms with Gasteiger partial charge in [-0.1, -0.05) is 32.9 Å². The average Bonchev–Trinajstić information content (AvgIpc) is 2.62. The maximum Gasteiger partial charge on any atom is 0.192 e. The highest BCUT2D eigenvalue weighted by Gasteiger charge is 2.16. The minimum atomic E-state index is 0.119. The third-order valence-electron chi connectivity index (χ3n) is 5.22. The van der Waals surface area contributed by atoms with Crippen LogP contribution in [0.3, 0.4) is 0 Å². The molecule has 4 rings (SSSR count). The molecule has 3 nitrogen and oxygen atoms in total. The van der Waals surface area contributed by atoms with E-state index in [9.17, 15) is 4.79 Å². The molecule has 1 aliphatic carbocycles. The van der Waals surface area contributed by atoms with Crippen LogP contribution in [0.15, 0.2) is 47.3 Å². The van der Waals surface area contributed by atoms with Crippen LogP contribution in [0, 0.1) is 0 Å². The summed E-state index contributed by atoms with van der Waals surface area (Å²) in [5.74, 6) is 1.48. The molecule has 0 amide bonds. The van der Waals surface area contributed by atoms with Crippen LogP contribution >= 0.6 is 0 Å². The van der Waals surface area contributed by atoms with Crippen molar-refractivity contribution in [2.45, 2.75) is 51.9 Å². The second kappa shape index (κ2) is 6.31. The summed E-state index contributed by atoms with van der Waals surface area (Å²) < 4.78 is 6.00. The third kappa shape index (κ3) is 3.14. The lowest BCUT2D eigenvalue weighted by atomic mass is 9.87. The maximum atomic E-state index is 12.9. The van der Waals surface area contributed by atoms with E-state index in [4.69, 9.17) is 4.74 Å². The van der Waals surface area contributed by atoms with Gasteiger partial charge in [-0.2, -0.15) is 0 Å². The topological polar surface area (TPSA) is 42.1 Å². The Labute approximate surface area is 154 Å². The number of H-pyrrole nitrogens is 1. The number of pyridine rings is 1. The van der Waals surface area contributed by atoms with Gasteiger partial charge in [-0.15, -0.1) is 0 Å². The average molecular weight is 347 g/mol.